The van der Waals surface area contributed by atoms with Crippen molar-refractivity contribution in [3.05, 3.63) is 127 Å². The zero-order chi connectivity index (χ0) is 55.1. The molecular weight excluding hydrogens is 1260 g/mol. The number of rotatable bonds is 23. The summed E-state index contributed by atoms with van der Waals surface area (Å²) in [5.74, 6) is -1.96. The number of para-hydroxylation sites is 1. The first-order valence-electron chi connectivity index (χ1n) is 21.1. The summed E-state index contributed by atoms with van der Waals surface area (Å²) >= 11 is 0.622. The largest absolute Gasteiger partial charge is 1.00 e. The van der Waals surface area contributed by atoms with Crippen LogP contribution in [0.25, 0.3) is 32.3 Å². The molecule has 0 atom stereocenters. The molecule has 0 bridgehead atoms. The first kappa shape index (κ1) is 74.4. The summed E-state index contributed by atoms with van der Waals surface area (Å²) in [5.41, 5.74) is -0.0353. The van der Waals surface area contributed by atoms with Gasteiger partial charge in [0.15, 0.2) is 22.2 Å². The topological polar surface area (TPSA) is 401 Å². The maximum Gasteiger partial charge on any atom is 1.00 e. The van der Waals surface area contributed by atoms with Crippen molar-refractivity contribution in [3.8, 4) is 0 Å². The second-order valence-electron chi connectivity index (χ2n) is 15.4. The van der Waals surface area contributed by atoms with Crippen LogP contribution in [-0.4, -0.2) is 86.9 Å². The van der Waals surface area contributed by atoms with Gasteiger partial charge >= 0.3 is 154 Å². The van der Waals surface area contributed by atoms with E-state index in [4.69, 9.17) is 4.18 Å². The van der Waals surface area contributed by atoms with Gasteiger partial charge < -0.3 is 34.4 Å². The number of halogens is 1. The fourth-order valence-electron chi connectivity index (χ4n) is 7.49. The van der Waals surface area contributed by atoms with Crippen LogP contribution in [0.4, 0.5) is 50.4 Å². The van der Waals surface area contributed by atoms with E-state index in [9.17, 15) is 57.8 Å². The van der Waals surface area contributed by atoms with Gasteiger partial charge in [0.2, 0.25) is 11.9 Å². The minimum atomic E-state index is -5.27. The van der Waals surface area contributed by atoms with Crippen molar-refractivity contribution >= 4 is 143 Å². The number of aromatic nitrogens is 3. The van der Waals surface area contributed by atoms with Gasteiger partial charge in [-0.1, -0.05) is 48.5 Å². The molecule has 402 valence electrons. The zero-order valence-electron chi connectivity index (χ0n) is 43.1. The number of sulfone groups is 1. The van der Waals surface area contributed by atoms with Crippen molar-refractivity contribution in [2.75, 3.05) is 34.9 Å². The third kappa shape index (κ3) is 19.3. The minimum absolute atomic E-state index is 0. The molecule has 1 aromatic heterocycles. The van der Waals surface area contributed by atoms with Gasteiger partial charge in [0, 0.05) is 49.4 Å². The summed E-state index contributed by atoms with van der Waals surface area (Å²) in [5, 5.41) is 46.5. The number of fused-ring (bicyclic) bond motifs is 3. The Balaban J connectivity index is 0.00000353. The van der Waals surface area contributed by atoms with E-state index < -0.39 is 90.4 Å². The Bertz CT molecular complexity index is 4110. The summed E-state index contributed by atoms with van der Waals surface area (Å²) < 4.78 is 166. The zero-order valence-corrected chi connectivity index (χ0v) is 58.0. The molecule has 1 heterocycles. The Morgan fingerprint density at radius 3 is 1.80 bits per heavy atom. The van der Waals surface area contributed by atoms with Crippen LogP contribution in [0.15, 0.2) is 161 Å². The smallest absolute Gasteiger partial charge is 0.744 e. The van der Waals surface area contributed by atoms with Crippen LogP contribution in [0.2, 0.25) is 0 Å². The molecule has 82 heavy (non-hydrogen) atoms. The number of hydrogen-bond donors (Lipinski definition) is 1. The molecule has 39 heteroatoms. The number of nitrogens with zero attached hydrogens (tertiary/aromatic N) is 8. The molecule has 0 fully saturated rings. The van der Waals surface area contributed by atoms with Gasteiger partial charge in [-0.15, -0.1) is 19.7 Å². The van der Waals surface area contributed by atoms with Crippen molar-refractivity contribution in [2.24, 2.45) is 20.5 Å². The Morgan fingerprint density at radius 2 is 1.16 bits per heavy atom. The monoisotopic (exact) mass is 1280 g/mol. The van der Waals surface area contributed by atoms with Crippen molar-refractivity contribution in [1.82, 2.24) is 15.0 Å². The number of azo groups is 2. The summed E-state index contributed by atoms with van der Waals surface area (Å²) in [4.78, 5) is 10.9. The van der Waals surface area contributed by atoms with Crippen LogP contribution in [-0.2, 0) is 63.1 Å². The second-order valence-corrected chi connectivity index (χ2v) is 23.0. The SMILES string of the molecule is O=S(=O)(CCOSOO[O-])CCN(c1ccccc1)c1nc(F)nc(Nc2ccc(N=Nc3ccc(N=Nc4cc(S(=O)(=O)[O-])c5cccc(S(=O)(=O)[O-])c5c4)c4cc(SOO[O-])ccc34)c3cccc(S(=O)(=O)[O-])c23)n1.[Na+].[Na+].[Na+].[Na+].[Na+]. The Labute approximate surface area is 585 Å². The van der Waals surface area contributed by atoms with E-state index in [0.717, 1.165) is 36.4 Å². The normalized spacial score (nSPS) is 11.9. The first-order chi connectivity index (χ1) is 36.6. The van der Waals surface area contributed by atoms with Crippen LogP contribution >= 0.6 is 24.4 Å². The molecule has 0 saturated heterocycles. The number of hydrogen-bond acceptors (Lipinski definition) is 29. The van der Waals surface area contributed by atoms with Crippen LogP contribution in [0.1, 0.15) is 0 Å². The minimum Gasteiger partial charge on any atom is -0.744 e. The molecule has 7 aromatic carbocycles. The Morgan fingerprint density at radius 1 is 0.561 bits per heavy atom. The van der Waals surface area contributed by atoms with Crippen molar-refractivity contribution in [1.29, 1.82) is 0 Å². The third-order valence-corrected chi connectivity index (χ3v) is 15.9. The molecule has 1 N–H and O–H groups in total. The summed E-state index contributed by atoms with van der Waals surface area (Å²) in [6.45, 7) is -0.725. The fraction of sp³-hybridized carbons (Fsp3) is 0.0930. The summed E-state index contributed by atoms with van der Waals surface area (Å²) in [7, 11) is -19.6. The van der Waals surface area contributed by atoms with E-state index in [-0.39, 0.29) is 233 Å². The molecule has 0 radical (unpaired) electrons. The van der Waals surface area contributed by atoms with Crippen molar-refractivity contribution in [3.63, 3.8) is 0 Å². The standard InChI is InChI=1S/C43H34FN9O18S6.5Na/c44-41-46-42(48-43(47-41)53(26-6-2-1-3-7-26)18-20-74(56,57)21-19-67-73-71-69-55)45-36-17-16-34(30-9-5-11-38(40(30)36)76(61,62)63)52-51-33-14-15-35(31-24-27(72-70-68-54)12-13-28(31)33)50-49-25-22-32-29(39(23-25)77(64,65)66)8-4-10-37(32)75(58,59)60;;;;;/h1-17,22-24,54-55H,18-21H2,(H,58,59,60)(H,61,62,63)(H,64,65,66)(H,45,46,47,48);;;;;/q;5*+1/p-5. The average molecular weight is 1290 g/mol. The Hall–Kier alpha value is -1.84. The molecule has 0 aliphatic rings. The molecule has 0 saturated carbocycles. The molecule has 0 unspecified atom stereocenters. The van der Waals surface area contributed by atoms with Crippen molar-refractivity contribution in [2.45, 2.75) is 19.6 Å². The Kier molecular flexibility index (Phi) is 29.9. The first-order valence-corrected chi connectivity index (χ1v) is 28.6. The number of nitrogens with one attached hydrogen (secondary N) is 1. The van der Waals surface area contributed by atoms with Crippen LogP contribution in [0.3, 0.4) is 0 Å². The van der Waals surface area contributed by atoms with Gasteiger partial charge in [-0.2, -0.15) is 28.8 Å². The summed E-state index contributed by atoms with van der Waals surface area (Å²) in [6, 6.07) is 26.6. The van der Waals surface area contributed by atoms with Gasteiger partial charge in [-0.25, -0.2) is 33.7 Å². The van der Waals surface area contributed by atoms with Crippen LogP contribution < -0.4 is 169 Å². The van der Waals surface area contributed by atoms with Gasteiger partial charge in [0.1, 0.15) is 30.4 Å². The van der Waals surface area contributed by atoms with E-state index in [1.165, 1.54) is 59.5 Å². The average Bonchev–Trinajstić information content (AvgIpc) is 3.34. The van der Waals surface area contributed by atoms with Crippen LogP contribution in [0.5, 0.6) is 0 Å². The van der Waals surface area contributed by atoms with Gasteiger partial charge in [0.05, 0.1) is 73.3 Å². The van der Waals surface area contributed by atoms with Gasteiger partial charge in [-0.3, -0.25) is 14.3 Å². The molecule has 0 aliphatic heterocycles. The van der Waals surface area contributed by atoms with E-state index >= 15 is 4.39 Å². The second kappa shape index (κ2) is 32.9. The molecule has 8 rings (SSSR count). The fourth-order valence-corrected chi connectivity index (χ4v) is 11.3. The molecule has 0 spiro atoms. The number of anilines is 4. The quantitative estimate of drug-likeness (QED) is 0.0118. The van der Waals surface area contributed by atoms with Gasteiger partial charge in [-0.05, 0) is 72.8 Å². The van der Waals surface area contributed by atoms with E-state index in [0.29, 0.717) is 17.7 Å². The number of benzene rings is 7. The molecule has 8 aromatic rings. The molecule has 0 amide bonds. The van der Waals surface area contributed by atoms with E-state index in [1.54, 1.807) is 30.3 Å². The molecular formula is C43H29FN9Na5O18S6. The summed E-state index contributed by atoms with van der Waals surface area (Å²) in [6.07, 6.45) is -1.35. The maximum absolute atomic E-state index is 15.4. The van der Waals surface area contributed by atoms with Crippen molar-refractivity contribution < 1.29 is 233 Å². The predicted molar refractivity (Wildman–Crippen MR) is 263 cm³/mol. The molecule has 0 aliphatic carbocycles. The molecule has 27 nitrogen and oxygen atoms in total. The van der Waals surface area contributed by atoms with Gasteiger partial charge in [0.25, 0.3) is 0 Å². The predicted octanol–water partition coefficient (Wildman–Crippen LogP) is -8.64. The third-order valence-electron chi connectivity index (χ3n) is 10.7. The van der Waals surface area contributed by atoms with E-state index in [1.807, 2.05) is 0 Å². The van der Waals surface area contributed by atoms with Crippen LogP contribution in [0, 0.1) is 6.08 Å². The maximum atomic E-state index is 15.4. The van der Waals surface area contributed by atoms with E-state index in [2.05, 4.69) is 59.5 Å².